The molecule has 0 heterocycles. The van der Waals surface area contributed by atoms with E-state index in [0.717, 1.165) is 32.5 Å². The number of halogens is 2. The fourth-order valence-corrected chi connectivity index (χ4v) is 2.00. The van der Waals surface area contributed by atoms with Gasteiger partial charge in [0.1, 0.15) is 0 Å². The highest BCUT2D eigenvalue weighted by Crippen LogP contribution is 1.97. The summed E-state index contributed by atoms with van der Waals surface area (Å²) in [5.41, 5.74) is 0. The smallest absolute Gasteiger partial charge is 0.0701 e. The SMILES string of the molecule is ClCCOCCOCCOCCCCCOCCOCCOCCCl. The Morgan fingerprint density at radius 3 is 0.920 bits per heavy atom. The van der Waals surface area contributed by atoms with E-state index in [-0.39, 0.29) is 0 Å². The van der Waals surface area contributed by atoms with Gasteiger partial charge in [-0.1, -0.05) is 0 Å². The van der Waals surface area contributed by atoms with Crippen LogP contribution in [0.4, 0.5) is 0 Å². The van der Waals surface area contributed by atoms with Crippen molar-refractivity contribution in [1.82, 2.24) is 0 Å². The molecule has 0 amide bonds. The molecule has 0 aromatic heterocycles. The van der Waals surface area contributed by atoms with Crippen LogP contribution in [0.5, 0.6) is 0 Å². The first-order valence-electron chi connectivity index (χ1n) is 9.00. The normalized spacial score (nSPS) is 11.3. The van der Waals surface area contributed by atoms with Gasteiger partial charge in [-0.3, -0.25) is 0 Å². The molecule has 0 aliphatic heterocycles. The maximum atomic E-state index is 5.49. The third-order valence-electron chi connectivity index (χ3n) is 3.01. The monoisotopic (exact) mass is 404 g/mol. The van der Waals surface area contributed by atoms with Gasteiger partial charge < -0.3 is 28.4 Å². The average molecular weight is 405 g/mol. The van der Waals surface area contributed by atoms with Gasteiger partial charge in [0.15, 0.2) is 0 Å². The van der Waals surface area contributed by atoms with Crippen molar-refractivity contribution in [3.05, 3.63) is 0 Å². The minimum absolute atomic E-state index is 0.521. The summed E-state index contributed by atoms with van der Waals surface area (Å²) in [7, 11) is 0. The third-order valence-corrected chi connectivity index (χ3v) is 3.32. The van der Waals surface area contributed by atoms with Crippen LogP contribution < -0.4 is 0 Å². The van der Waals surface area contributed by atoms with E-state index in [1.165, 1.54) is 0 Å². The van der Waals surface area contributed by atoms with Gasteiger partial charge in [-0.2, -0.15) is 0 Å². The molecule has 0 aliphatic carbocycles. The molecule has 0 saturated heterocycles. The molecule has 0 atom stereocenters. The Hall–Kier alpha value is 0.340. The lowest BCUT2D eigenvalue weighted by atomic mass is 10.2. The molecule has 0 rings (SSSR count). The van der Waals surface area contributed by atoms with Crippen molar-refractivity contribution >= 4 is 23.2 Å². The van der Waals surface area contributed by atoms with Crippen LogP contribution in [0.2, 0.25) is 0 Å². The Labute approximate surface area is 162 Å². The van der Waals surface area contributed by atoms with Gasteiger partial charge in [0.05, 0.1) is 66.1 Å². The van der Waals surface area contributed by atoms with Crippen molar-refractivity contribution in [3.8, 4) is 0 Å². The summed E-state index contributed by atoms with van der Waals surface area (Å²) in [5, 5.41) is 0. The van der Waals surface area contributed by atoms with Crippen LogP contribution in [-0.4, -0.2) is 91.0 Å². The number of hydrogen-bond acceptors (Lipinski definition) is 6. The summed E-state index contributed by atoms with van der Waals surface area (Å²) in [6.45, 7) is 7.45. The lowest BCUT2D eigenvalue weighted by Crippen LogP contribution is -2.11. The Bertz CT molecular complexity index is 215. The summed E-state index contributed by atoms with van der Waals surface area (Å²) >= 11 is 11.0. The summed E-state index contributed by atoms with van der Waals surface area (Å²) in [4.78, 5) is 0. The van der Waals surface area contributed by atoms with E-state index in [2.05, 4.69) is 0 Å². The van der Waals surface area contributed by atoms with Crippen LogP contribution in [-0.2, 0) is 28.4 Å². The summed E-state index contributed by atoms with van der Waals surface area (Å²) in [6, 6.07) is 0. The highest BCUT2D eigenvalue weighted by atomic mass is 35.5. The molecule has 0 unspecified atom stereocenters. The minimum atomic E-state index is 0.521. The number of alkyl halides is 2. The van der Waals surface area contributed by atoms with Crippen molar-refractivity contribution in [3.63, 3.8) is 0 Å². The molecule has 0 fully saturated rings. The molecule has 0 aromatic carbocycles. The first-order chi connectivity index (χ1) is 12.4. The molecule has 0 N–H and O–H groups in total. The summed E-state index contributed by atoms with van der Waals surface area (Å²) in [5.74, 6) is 1.04. The van der Waals surface area contributed by atoms with E-state index in [4.69, 9.17) is 51.6 Å². The van der Waals surface area contributed by atoms with Crippen molar-refractivity contribution < 1.29 is 28.4 Å². The second-order valence-corrected chi connectivity index (χ2v) is 5.87. The van der Waals surface area contributed by atoms with E-state index in [1.54, 1.807) is 0 Å². The molecule has 152 valence electrons. The van der Waals surface area contributed by atoms with E-state index in [1.807, 2.05) is 0 Å². The lowest BCUT2D eigenvalue weighted by Gasteiger charge is -2.07. The number of rotatable bonds is 22. The molecule has 0 saturated carbocycles. The van der Waals surface area contributed by atoms with Gasteiger partial charge in [0, 0.05) is 25.0 Å². The fraction of sp³-hybridized carbons (Fsp3) is 1.00. The molecule has 25 heavy (non-hydrogen) atoms. The Morgan fingerprint density at radius 1 is 0.320 bits per heavy atom. The molecule has 0 aromatic rings. The van der Waals surface area contributed by atoms with Gasteiger partial charge in [-0.05, 0) is 19.3 Å². The maximum Gasteiger partial charge on any atom is 0.0701 e. The molecular formula is C17H34Cl2O6. The van der Waals surface area contributed by atoms with Crippen molar-refractivity contribution in [2.45, 2.75) is 19.3 Å². The number of hydrogen-bond donors (Lipinski definition) is 0. The van der Waals surface area contributed by atoms with Crippen LogP contribution in [0.15, 0.2) is 0 Å². The number of ether oxygens (including phenoxy) is 6. The first kappa shape index (κ1) is 25.3. The Balaban J connectivity index is 2.94. The van der Waals surface area contributed by atoms with E-state index in [9.17, 15) is 0 Å². The van der Waals surface area contributed by atoms with Gasteiger partial charge in [-0.15, -0.1) is 23.2 Å². The average Bonchev–Trinajstić information content (AvgIpc) is 2.63. The molecule has 0 radical (unpaired) electrons. The van der Waals surface area contributed by atoms with Crippen LogP contribution >= 0.6 is 23.2 Å². The topological polar surface area (TPSA) is 55.4 Å². The van der Waals surface area contributed by atoms with Gasteiger partial charge in [0.2, 0.25) is 0 Å². The zero-order chi connectivity index (χ0) is 18.3. The van der Waals surface area contributed by atoms with Crippen LogP contribution in [0.1, 0.15) is 19.3 Å². The Kier molecular flexibility index (Phi) is 24.7. The van der Waals surface area contributed by atoms with Crippen LogP contribution in [0.25, 0.3) is 0 Å². The quantitative estimate of drug-likeness (QED) is 0.204. The highest BCUT2D eigenvalue weighted by Gasteiger charge is 1.94. The molecule has 8 heteroatoms. The predicted octanol–water partition coefficient (Wildman–Crippen LogP) is 2.73. The maximum absolute atomic E-state index is 5.49. The Morgan fingerprint density at radius 2 is 0.600 bits per heavy atom. The van der Waals surface area contributed by atoms with Crippen molar-refractivity contribution in [1.29, 1.82) is 0 Å². The van der Waals surface area contributed by atoms with E-state index in [0.29, 0.717) is 77.8 Å². The van der Waals surface area contributed by atoms with Gasteiger partial charge in [-0.25, -0.2) is 0 Å². The molecule has 0 bridgehead atoms. The lowest BCUT2D eigenvalue weighted by molar-refractivity contribution is 0.0131. The first-order valence-corrected chi connectivity index (χ1v) is 10.1. The third kappa shape index (κ3) is 24.3. The van der Waals surface area contributed by atoms with Crippen LogP contribution in [0.3, 0.4) is 0 Å². The zero-order valence-corrected chi connectivity index (χ0v) is 16.7. The molecule has 0 spiro atoms. The number of unbranched alkanes of at least 4 members (excludes halogenated alkanes) is 2. The molecular weight excluding hydrogens is 371 g/mol. The predicted molar refractivity (Wildman–Crippen MR) is 100 cm³/mol. The fourth-order valence-electron chi connectivity index (χ4n) is 1.78. The summed E-state index contributed by atoms with van der Waals surface area (Å²) < 4.78 is 32.1. The standard InChI is InChI=1S/C17H34Cl2O6/c18-4-8-22-12-16-24-14-10-20-6-2-1-3-7-21-11-15-25-17-13-23-9-5-19/h1-17H2. The van der Waals surface area contributed by atoms with Crippen LogP contribution in [0, 0.1) is 0 Å². The molecule has 0 aliphatic rings. The largest absolute Gasteiger partial charge is 0.379 e. The van der Waals surface area contributed by atoms with Crippen molar-refractivity contribution in [2.24, 2.45) is 0 Å². The second-order valence-electron chi connectivity index (χ2n) is 5.11. The van der Waals surface area contributed by atoms with Gasteiger partial charge in [0.25, 0.3) is 0 Å². The summed E-state index contributed by atoms with van der Waals surface area (Å²) in [6.07, 6.45) is 3.17. The van der Waals surface area contributed by atoms with Gasteiger partial charge >= 0.3 is 0 Å². The van der Waals surface area contributed by atoms with E-state index < -0.39 is 0 Å². The van der Waals surface area contributed by atoms with E-state index >= 15 is 0 Å². The zero-order valence-electron chi connectivity index (χ0n) is 15.2. The highest BCUT2D eigenvalue weighted by molar-refractivity contribution is 6.18. The second kappa shape index (κ2) is 24.3. The van der Waals surface area contributed by atoms with Crippen molar-refractivity contribution in [2.75, 3.05) is 91.0 Å². The molecule has 6 nitrogen and oxygen atoms in total. The minimum Gasteiger partial charge on any atom is -0.379 e.